The summed E-state index contributed by atoms with van der Waals surface area (Å²) in [5.41, 5.74) is 2.03. The van der Waals surface area contributed by atoms with Gasteiger partial charge in [0.05, 0.1) is 6.04 Å². The van der Waals surface area contributed by atoms with Crippen molar-refractivity contribution < 1.29 is 13.5 Å². The van der Waals surface area contributed by atoms with E-state index in [1.807, 2.05) is 20.0 Å². The molecule has 5 heteroatoms. The fourth-order valence-electron chi connectivity index (χ4n) is 2.01. The van der Waals surface area contributed by atoms with E-state index in [-0.39, 0.29) is 11.8 Å². The third kappa shape index (κ3) is 3.52. The third-order valence-electron chi connectivity index (χ3n) is 2.79. The van der Waals surface area contributed by atoms with Crippen molar-refractivity contribution >= 4 is 11.3 Å². The predicted octanol–water partition coefficient (Wildman–Crippen LogP) is 3.97. The maximum Gasteiger partial charge on any atom is 0.387 e. The SMILES string of the molecule is CNC(c1cccc(OC(F)F)c1)c1csc(C)c1. The molecule has 2 nitrogen and oxygen atoms in total. The van der Waals surface area contributed by atoms with Crippen LogP contribution in [-0.4, -0.2) is 13.7 Å². The van der Waals surface area contributed by atoms with Crippen molar-refractivity contribution in [1.29, 1.82) is 0 Å². The Morgan fingerprint density at radius 2 is 2.00 bits per heavy atom. The molecular formula is C14H15F2NOS. The van der Waals surface area contributed by atoms with Crippen LogP contribution in [0.15, 0.2) is 35.7 Å². The first kappa shape index (κ1) is 14.0. The highest BCUT2D eigenvalue weighted by atomic mass is 32.1. The van der Waals surface area contributed by atoms with Crippen LogP contribution in [-0.2, 0) is 0 Å². The molecule has 0 fully saturated rings. The lowest BCUT2D eigenvalue weighted by Gasteiger charge is -2.16. The molecule has 0 aliphatic rings. The fraction of sp³-hybridized carbons (Fsp3) is 0.286. The van der Waals surface area contributed by atoms with Crippen molar-refractivity contribution in [2.75, 3.05) is 7.05 Å². The minimum atomic E-state index is -2.80. The van der Waals surface area contributed by atoms with Crippen molar-refractivity contribution in [3.63, 3.8) is 0 Å². The van der Waals surface area contributed by atoms with Crippen LogP contribution in [0.25, 0.3) is 0 Å². The van der Waals surface area contributed by atoms with Crippen LogP contribution >= 0.6 is 11.3 Å². The number of hydrogen-bond acceptors (Lipinski definition) is 3. The Morgan fingerprint density at radius 1 is 1.21 bits per heavy atom. The van der Waals surface area contributed by atoms with Gasteiger partial charge in [0.2, 0.25) is 0 Å². The Hall–Kier alpha value is -1.46. The minimum absolute atomic E-state index is 0.0221. The van der Waals surface area contributed by atoms with Gasteiger partial charge in [-0.15, -0.1) is 11.3 Å². The van der Waals surface area contributed by atoms with Gasteiger partial charge in [-0.05, 0) is 48.7 Å². The summed E-state index contributed by atoms with van der Waals surface area (Å²) >= 11 is 1.67. The summed E-state index contributed by atoms with van der Waals surface area (Å²) in [6.45, 7) is -0.760. The zero-order chi connectivity index (χ0) is 13.8. The first-order chi connectivity index (χ1) is 9.10. The van der Waals surface area contributed by atoms with Crippen LogP contribution < -0.4 is 10.1 Å². The molecule has 0 aliphatic carbocycles. The second-order valence-electron chi connectivity index (χ2n) is 4.16. The summed E-state index contributed by atoms with van der Waals surface area (Å²) in [7, 11) is 1.85. The molecule has 2 aromatic rings. The summed E-state index contributed by atoms with van der Waals surface area (Å²) in [5.74, 6) is 0.180. The number of nitrogens with one attached hydrogen (secondary N) is 1. The van der Waals surface area contributed by atoms with Crippen LogP contribution in [0.3, 0.4) is 0 Å². The van der Waals surface area contributed by atoms with Gasteiger partial charge in [0.15, 0.2) is 0 Å². The Morgan fingerprint density at radius 3 is 2.58 bits per heavy atom. The normalized spacial score (nSPS) is 12.7. The Balaban J connectivity index is 2.28. The molecule has 102 valence electrons. The molecule has 1 unspecified atom stereocenters. The van der Waals surface area contributed by atoms with Gasteiger partial charge in [0.25, 0.3) is 0 Å². The topological polar surface area (TPSA) is 21.3 Å². The summed E-state index contributed by atoms with van der Waals surface area (Å²) in [6.07, 6.45) is 0. The zero-order valence-electron chi connectivity index (χ0n) is 10.7. The summed E-state index contributed by atoms with van der Waals surface area (Å²) in [4.78, 5) is 1.22. The summed E-state index contributed by atoms with van der Waals surface area (Å²) in [6, 6.07) is 8.85. The molecule has 19 heavy (non-hydrogen) atoms. The first-order valence-corrected chi connectivity index (χ1v) is 6.75. The highest BCUT2D eigenvalue weighted by Crippen LogP contribution is 2.28. The highest BCUT2D eigenvalue weighted by Gasteiger charge is 2.14. The van der Waals surface area contributed by atoms with Crippen LogP contribution in [0.5, 0.6) is 5.75 Å². The standard InChI is InChI=1S/C14H15F2NOS/c1-9-6-11(8-19-9)13(17-2)10-4-3-5-12(7-10)18-14(15)16/h3-8,13-14,17H,1-2H3. The quantitative estimate of drug-likeness (QED) is 0.896. The van der Waals surface area contributed by atoms with E-state index in [1.54, 1.807) is 23.5 Å². The smallest absolute Gasteiger partial charge is 0.387 e. The highest BCUT2D eigenvalue weighted by molar-refractivity contribution is 7.10. The Kier molecular flexibility index (Phi) is 4.50. The molecule has 2 rings (SSSR count). The number of rotatable bonds is 5. The van der Waals surface area contributed by atoms with Crippen molar-refractivity contribution in [2.24, 2.45) is 0 Å². The van der Waals surface area contributed by atoms with Crippen LogP contribution in [0.1, 0.15) is 22.0 Å². The van der Waals surface area contributed by atoms with E-state index in [0.29, 0.717) is 0 Å². The van der Waals surface area contributed by atoms with Gasteiger partial charge in [-0.2, -0.15) is 8.78 Å². The van der Waals surface area contributed by atoms with E-state index in [2.05, 4.69) is 21.5 Å². The number of aryl methyl sites for hydroxylation is 1. The third-order valence-corrected chi connectivity index (χ3v) is 3.67. The molecule has 1 heterocycles. The summed E-state index contributed by atoms with van der Waals surface area (Å²) < 4.78 is 28.9. The predicted molar refractivity (Wildman–Crippen MR) is 73.0 cm³/mol. The average Bonchev–Trinajstić information content (AvgIpc) is 2.76. The van der Waals surface area contributed by atoms with Gasteiger partial charge >= 0.3 is 6.61 Å². The van der Waals surface area contributed by atoms with Gasteiger partial charge in [-0.25, -0.2) is 0 Å². The van der Waals surface area contributed by atoms with Crippen LogP contribution in [0, 0.1) is 6.92 Å². The Labute approximate surface area is 115 Å². The molecule has 0 amide bonds. The van der Waals surface area contributed by atoms with Crippen molar-refractivity contribution in [2.45, 2.75) is 19.6 Å². The molecule has 0 spiro atoms. The van der Waals surface area contributed by atoms with Gasteiger partial charge in [-0.3, -0.25) is 0 Å². The van der Waals surface area contributed by atoms with E-state index in [0.717, 1.165) is 11.1 Å². The molecule has 0 saturated heterocycles. The Bertz CT molecular complexity index is 542. The van der Waals surface area contributed by atoms with E-state index >= 15 is 0 Å². The van der Waals surface area contributed by atoms with Crippen molar-refractivity contribution in [3.8, 4) is 5.75 Å². The number of alkyl halides is 2. The van der Waals surface area contributed by atoms with E-state index in [4.69, 9.17) is 0 Å². The molecule has 1 atom stereocenters. The largest absolute Gasteiger partial charge is 0.435 e. The van der Waals surface area contributed by atoms with Gasteiger partial charge in [0.1, 0.15) is 5.75 Å². The van der Waals surface area contributed by atoms with Gasteiger partial charge in [0, 0.05) is 4.88 Å². The number of ether oxygens (including phenoxy) is 1. The molecule has 1 aromatic carbocycles. The number of hydrogen-bond donors (Lipinski definition) is 1. The molecule has 0 bridgehead atoms. The molecular weight excluding hydrogens is 268 g/mol. The maximum absolute atomic E-state index is 12.2. The first-order valence-electron chi connectivity index (χ1n) is 5.87. The van der Waals surface area contributed by atoms with Gasteiger partial charge < -0.3 is 10.1 Å². The van der Waals surface area contributed by atoms with Crippen molar-refractivity contribution in [1.82, 2.24) is 5.32 Å². The fourth-order valence-corrected chi connectivity index (χ4v) is 2.74. The van der Waals surface area contributed by atoms with Gasteiger partial charge in [-0.1, -0.05) is 12.1 Å². The molecule has 0 saturated carbocycles. The molecule has 1 N–H and O–H groups in total. The zero-order valence-corrected chi connectivity index (χ0v) is 11.5. The number of thiophene rings is 1. The molecule has 0 aliphatic heterocycles. The number of halogens is 2. The van der Waals surface area contributed by atoms with Crippen molar-refractivity contribution in [3.05, 3.63) is 51.7 Å². The maximum atomic E-state index is 12.2. The second-order valence-corrected chi connectivity index (χ2v) is 5.28. The van der Waals surface area contributed by atoms with Crippen LogP contribution in [0.4, 0.5) is 8.78 Å². The monoisotopic (exact) mass is 283 g/mol. The molecule has 0 radical (unpaired) electrons. The lowest BCUT2D eigenvalue weighted by Crippen LogP contribution is -2.17. The lowest BCUT2D eigenvalue weighted by molar-refractivity contribution is -0.0498. The second kappa shape index (κ2) is 6.12. The molecule has 1 aromatic heterocycles. The van der Waals surface area contributed by atoms with E-state index in [1.165, 1.54) is 10.9 Å². The van der Waals surface area contributed by atoms with E-state index in [9.17, 15) is 8.78 Å². The van der Waals surface area contributed by atoms with E-state index < -0.39 is 6.61 Å². The van der Waals surface area contributed by atoms with Crippen LogP contribution in [0.2, 0.25) is 0 Å². The lowest BCUT2D eigenvalue weighted by atomic mass is 10.0. The average molecular weight is 283 g/mol. The number of benzene rings is 1. The summed E-state index contributed by atoms with van der Waals surface area (Å²) in [5, 5.41) is 5.26. The minimum Gasteiger partial charge on any atom is -0.435 e.